The lowest BCUT2D eigenvalue weighted by molar-refractivity contribution is -0.153. The van der Waals surface area contributed by atoms with Crippen LogP contribution in [-0.2, 0) is 9.59 Å². The van der Waals surface area contributed by atoms with Crippen molar-refractivity contribution >= 4 is 11.9 Å². The van der Waals surface area contributed by atoms with Crippen LogP contribution in [0.2, 0.25) is 0 Å². The van der Waals surface area contributed by atoms with Gasteiger partial charge >= 0.3 is 5.97 Å². The number of carboxylic acid groups (broad SMARTS) is 1. The lowest BCUT2D eigenvalue weighted by Crippen LogP contribution is -2.54. The van der Waals surface area contributed by atoms with Gasteiger partial charge in [-0.3, -0.25) is 14.5 Å². The molecule has 0 radical (unpaired) electrons. The Kier molecular flexibility index (Phi) is 4.91. The fourth-order valence-corrected chi connectivity index (χ4v) is 3.84. The van der Waals surface area contributed by atoms with Crippen LogP contribution in [0.3, 0.4) is 0 Å². The topological polar surface area (TPSA) is 60.9 Å². The Hall–Kier alpha value is -1.10. The molecule has 5 heteroatoms. The second-order valence-corrected chi connectivity index (χ2v) is 7.11. The molecule has 1 N–H and O–H groups in total. The van der Waals surface area contributed by atoms with Gasteiger partial charge in [0, 0.05) is 18.6 Å². The summed E-state index contributed by atoms with van der Waals surface area (Å²) < 4.78 is 0. The summed E-state index contributed by atoms with van der Waals surface area (Å²) in [6, 6.07) is 0.605. The van der Waals surface area contributed by atoms with Gasteiger partial charge in [-0.25, -0.2) is 0 Å². The molecule has 1 amide bonds. The first-order valence-corrected chi connectivity index (χ1v) is 8.10. The summed E-state index contributed by atoms with van der Waals surface area (Å²) >= 11 is 0. The molecule has 120 valence electrons. The molecular formula is C16H28N2O3. The molecule has 2 heterocycles. The molecule has 21 heavy (non-hydrogen) atoms. The third kappa shape index (κ3) is 3.57. The van der Waals surface area contributed by atoms with Gasteiger partial charge in [-0.1, -0.05) is 0 Å². The molecule has 0 aromatic carbocycles. The highest BCUT2D eigenvalue weighted by Crippen LogP contribution is 2.30. The van der Waals surface area contributed by atoms with Crippen LogP contribution in [0.5, 0.6) is 0 Å². The molecule has 0 aromatic rings. The monoisotopic (exact) mass is 296 g/mol. The minimum Gasteiger partial charge on any atom is -0.481 e. The van der Waals surface area contributed by atoms with Gasteiger partial charge in [0.15, 0.2) is 0 Å². The van der Waals surface area contributed by atoms with Gasteiger partial charge in [0.05, 0.1) is 12.0 Å². The molecule has 2 fully saturated rings. The Balaban J connectivity index is 1.97. The Morgan fingerprint density at radius 1 is 1.19 bits per heavy atom. The number of likely N-dealkylation sites (tertiary alicyclic amines) is 2. The third-order valence-corrected chi connectivity index (χ3v) is 5.13. The number of hydrogen-bond acceptors (Lipinski definition) is 3. The van der Waals surface area contributed by atoms with E-state index in [4.69, 9.17) is 0 Å². The highest BCUT2D eigenvalue weighted by atomic mass is 16.4. The van der Waals surface area contributed by atoms with Crippen LogP contribution < -0.4 is 0 Å². The average Bonchev–Trinajstić information content (AvgIpc) is 2.38. The summed E-state index contributed by atoms with van der Waals surface area (Å²) in [6.07, 6.45) is 4.88. The van der Waals surface area contributed by atoms with E-state index in [0.717, 1.165) is 25.8 Å². The number of carboxylic acids is 1. The molecular weight excluding hydrogens is 268 g/mol. The van der Waals surface area contributed by atoms with Crippen LogP contribution in [0, 0.1) is 5.41 Å². The predicted octanol–water partition coefficient (Wildman–Crippen LogP) is 1.96. The SMILES string of the molecule is CC1CCCC(C)N1C(=O)CN1CCCC(C)(C(=O)O)C1. The number of nitrogens with zero attached hydrogens (tertiary/aromatic N) is 2. The van der Waals surface area contributed by atoms with Crippen LogP contribution in [-0.4, -0.2) is 58.5 Å². The largest absolute Gasteiger partial charge is 0.481 e. The van der Waals surface area contributed by atoms with Gasteiger partial charge in [-0.2, -0.15) is 0 Å². The molecule has 2 aliphatic rings. The summed E-state index contributed by atoms with van der Waals surface area (Å²) in [4.78, 5) is 28.0. The van der Waals surface area contributed by atoms with Crippen molar-refractivity contribution in [1.29, 1.82) is 0 Å². The fourth-order valence-electron chi connectivity index (χ4n) is 3.84. The van der Waals surface area contributed by atoms with Crippen molar-refractivity contribution in [1.82, 2.24) is 9.80 Å². The minimum absolute atomic E-state index is 0.157. The zero-order chi connectivity index (χ0) is 15.6. The summed E-state index contributed by atoms with van der Waals surface area (Å²) in [6.45, 7) is 7.68. The number of carbonyl (C=O) groups is 2. The third-order valence-electron chi connectivity index (χ3n) is 5.13. The number of aliphatic carboxylic acids is 1. The molecule has 3 unspecified atom stereocenters. The van der Waals surface area contributed by atoms with Crippen molar-refractivity contribution < 1.29 is 14.7 Å². The smallest absolute Gasteiger partial charge is 0.310 e. The Morgan fingerprint density at radius 2 is 1.81 bits per heavy atom. The molecule has 2 saturated heterocycles. The first-order chi connectivity index (χ1) is 9.83. The molecule has 2 rings (SSSR count). The van der Waals surface area contributed by atoms with Gasteiger partial charge in [0.25, 0.3) is 0 Å². The number of amides is 1. The van der Waals surface area contributed by atoms with E-state index >= 15 is 0 Å². The molecule has 3 atom stereocenters. The predicted molar refractivity (Wildman–Crippen MR) is 81.0 cm³/mol. The van der Waals surface area contributed by atoms with E-state index in [-0.39, 0.29) is 5.91 Å². The molecule has 5 nitrogen and oxygen atoms in total. The van der Waals surface area contributed by atoms with Crippen molar-refractivity contribution in [2.24, 2.45) is 5.41 Å². The van der Waals surface area contributed by atoms with Crippen LogP contribution in [0.25, 0.3) is 0 Å². The van der Waals surface area contributed by atoms with Crippen molar-refractivity contribution in [2.75, 3.05) is 19.6 Å². The zero-order valence-corrected chi connectivity index (χ0v) is 13.5. The zero-order valence-electron chi connectivity index (χ0n) is 13.5. The Bertz CT molecular complexity index is 402. The van der Waals surface area contributed by atoms with E-state index in [1.807, 2.05) is 9.80 Å². The number of piperidine rings is 2. The Labute approximate surface area is 127 Å². The first kappa shape index (κ1) is 16.3. The maximum absolute atomic E-state index is 12.6. The van der Waals surface area contributed by atoms with Gasteiger partial charge in [-0.15, -0.1) is 0 Å². The van der Waals surface area contributed by atoms with Gasteiger partial charge in [0.1, 0.15) is 0 Å². The van der Waals surface area contributed by atoms with Crippen molar-refractivity contribution in [3.05, 3.63) is 0 Å². The molecule has 0 saturated carbocycles. The standard InChI is InChI=1S/C16H28N2O3/c1-12-6-4-7-13(2)18(12)14(19)10-17-9-5-8-16(3,11-17)15(20)21/h12-13H,4-11H2,1-3H3,(H,20,21). The molecule has 0 aliphatic carbocycles. The van der Waals surface area contributed by atoms with Crippen LogP contribution in [0.15, 0.2) is 0 Å². The van der Waals surface area contributed by atoms with Gasteiger partial charge < -0.3 is 10.0 Å². The van der Waals surface area contributed by atoms with E-state index in [1.165, 1.54) is 6.42 Å². The lowest BCUT2D eigenvalue weighted by atomic mass is 9.82. The average molecular weight is 296 g/mol. The van der Waals surface area contributed by atoms with E-state index in [1.54, 1.807) is 6.92 Å². The van der Waals surface area contributed by atoms with Crippen LogP contribution in [0.1, 0.15) is 52.9 Å². The summed E-state index contributed by atoms with van der Waals surface area (Å²) in [5, 5.41) is 9.36. The van der Waals surface area contributed by atoms with Gasteiger partial charge in [0.2, 0.25) is 5.91 Å². The molecule has 0 aromatic heterocycles. The van der Waals surface area contributed by atoms with E-state index < -0.39 is 11.4 Å². The number of rotatable bonds is 3. The molecule has 2 aliphatic heterocycles. The normalized spacial score (nSPS) is 34.7. The van der Waals surface area contributed by atoms with Crippen LogP contribution >= 0.6 is 0 Å². The van der Waals surface area contributed by atoms with Crippen molar-refractivity contribution in [2.45, 2.75) is 65.0 Å². The molecule has 0 spiro atoms. The lowest BCUT2D eigenvalue weighted by Gasteiger charge is -2.42. The number of hydrogen-bond donors (Lipinski definition) is 1. The summed E-state index contributed by atoms with van der Waals surface area (Å²) in [5.74, 6) is -0.594. The highest BCUT2D eigenvalue weighted by molar-refractivity contribution is 5.79. The molecule has 0 bridgehead atoms. The first-order valence-electron chi connectivity index (χ1n) is 8.10. The highest BCUT2D eigenvalue weighted by Gasteiger charge is 2.39. The fraction of sp³-hybridized carbons (Fsp3) is 0.875. The minimum atomic E-state index is -0.751. The van der Waals surface area contributed by atoms with E-state index in [2.05, 4.69) is 13.8 Å². The maximum Gasteiger partial charge on any atom is 0.310 e. The van der Waals surface area contributed by atoms with Crippen molar-refractivity contribution in [3.8, 4) is 0 Å². The van der Waals surface area contributed by atoms with Crippen LogP contribution in [0.4, 0.5) is 0 Å². The number of carbonyl (C=O) groups excluding carboxylic acids is 1. The second-order valence-electron chi connectivity index (χ2n) is 7.11. The van der Waals surface area contributed by atoms with Gasteiger partial charge in [-0.05, 0) is 59.4 Å². The second kappa shape index (κ2) is 6.34. The van der Waals surface area contributed by atoms with Crippen molar-refractivity contribution in [3.63, 3.8) is 0 Å². The summed E-state index contributed by atoms with van der Waals surface area (Å²) in [5.41, 5.74) is -0.711. The Morgan fingerprint density at radius 3 is 2.38 bits per heavy atom. The summed E-state index contributed by atoms with van der Waals surface area (Å²) in [7, 11) is 0. The van der Waals surface area contributed by atoms with E-state index in [9.17, 15) is 14.7 Å². The maximum atomic E-state index is 12.6. The van der Waals surface area contributed by atoms with E-state index in [0.29, 0.717) is 31.6 Å². The quantitative estimate of drug-likeness (QED) is 0.865.